The summed E-state index contributed by atoms with van der Waals surface area (Å²) in [6, 6.07) is 14.2. The molecule has 9 heteroatoms. The Hall–Kier alpha value is -3.40. The summed E-state index contributed by atoms with van der Waals surface area (Å²) in [7, 11) is 0. The number of carbonyl (C=O) groups is 2. The van der Waals surface area contributed by atoms with Crippen LogP contribution < -0.4 is 10.7 Å². The maximum Gasteiger partial charge on any atom is 0.274 e. The van der Waals surface area contributed by atoms with Crippen LogP contribution in [0.15, 0.2) is 59.0 Å². The van der Waals surface area contributed by atoms with Crippen LogP contribution >= 0.6 is 11.3 Å². The van der Waals surface area contributed by atoms with Crippen LogP contribution in [0.3, 0.4) is 0 Å². The van der Waals surface area contributed by atoms with E-state index in [1.807, 2.05) is 24.4 Å². The highest BCUT2D eigenvalue weighted by Gasteiger charge is 2.25. The number of nitrogens with one attached hydrogen (secondary N) is 2. The van der Waals surface area contributed by atoms with Gasteiger partial charge in [-0.25, -0.2) is 9.82 Å². The third kappa shape index (κ3) is 7.21. The SMILES string of the molecule is Cc1csc(NC(=O)c2cccc(CN3CCC(N4CCCCC4)CC3)c2)c1C(=O)NN=Cc1ccc(F)cc1. The van der Waals surface area contributed by atoms with Crippen LogP contribution in [0.1, 0.15) is 69.5 Å². The molecular weight excluding hydrogens is 525 g/mol. The summed E-state index contributed by atoms with van der Waals surface area (Å²) in [4.78, 5) is 31.2. The molecule has 5 rings (SSSR count). The van der Waals surface area contributed by atoms with Crippen LogP contribution in [0, 0.1) is 12.7 Å². The van der Waals surface area contributed by atoms with Crippen LogP contribution in [0.5, 0.6) is 0 Å². The van der Waals surface area contributed by atoms with E-state index in [0.717, 1.165) is 30.8 Å². The standard InChI is InChI=1S/C31H36FN5O2S/c1-22-21-40-31(28(22)30(39)35-33-19-23-8-10-26(32)11-9-23)34-29(38)25-7-5-6-24(18-25)20-36-16-12-27(13-17-36)37-14-3-2-4-15-37/h5-11,18-19,21,27H,2-4,12-17,20H2,1H3,(H,34,38)(H,35,39). The lowest BCUT2D eigenvalue weighted by molar-refractivity contribution is 0.0896. The smallest absolute Gasteiger partial charge is 0.274 e. The molecule has 3 aromatic rings. The van der Waals surface area contributed by atoms with Crippen LogP contribution in [-0.2, 0) is 6.54 Å². The third-order valence-corrected chi connectivity index (χ3v) is 8.75. The van der Waals surface area contributed by atoms with Crippen LogP contribution in [0.25, 0.3) is 0 Å². The minimum Gasteiger partial charge on any atom is -0.313 e. The van der Waals surface area contributed by atoms with Crippen LogP contribution in [0.4, 0.5) is 9.39 Å². The zero-order valence-electron chi connectivity index (χ0n) is 22.9. The van der Waals surface area contributed by atoms with E-state index in [1.165, 1.54) is 74.9 Å². The number of rotatable bonds is 8. The fourth-order valence-corrected chi connectivity index (χ4v) is 6.49. The molecule has 0 atom stereocenters. The lowest BCUT2D eigenvalue weighted by Crippen LogP contribution is -2.46. The topological polar surface area (TPSA) is 77.0 Å². The van der Waals surface area contributed by atoms with E-state index in [-0.39, 0.29) is 11.7 Å². The van der Waals surface area contributed by atoms with Crippen molar-refractivity contribution in [3.8, 4) is 0 Å². The summed E-state index contributed by atoms with van der Waals surface area (Å²) in [5.41, 5.74) is 5.96. The van der Waals surface area contributed by atoms with Gasteiger partial charge in [0.2, 0.25) is 0 Å². The van der Waals surface area contributed by atoms with Gasteiger partial charge in [0.05, 0.1) is 11.8 Å². The summed E-state index contributed by atoms with van der Waals surface area (Å²) >= 11 is 1.30. The molecule has 0 aliphatic carbocycles. The number of thiophene rings is 1. The van der Waals surface area contributed by atoms with E-state index >= 15 is 0 Å². The molecule has 0 bridgehead atoms. The number of hydrazone groups is 1. The number of carbonyl (C=O) groups excluding carboxylic acids is 2. The summed E-state index contributed by atoms with van der Waals surface area (Å²) in [5, 5.41) is 9.21. The first-order chi connectivity index (χ1) is 19.5. The van der Waals surface area contributed by atoms with Crippen molar-refractivity contribution in [2.45, 2.75) is 51.6 Å². The maximum absolute atomic E-state index is 13.2. The molecule has 1 aromatic heterocycles. The molecule has 3 heterocycles. The van der Waals surface area contributed by atoms with E-state index in [0.29, 0.717) is 27.7 Å². The van der Waals surface area contributed by atoms with Crippen molar-refractivity contribution in [3.05, 3.63) is 87.5 Å². The predicted molar refractivity (Wildman–Crippen MR) is 159 cm³/mol. The second-order valence-corrected chi connectivity index (χ2v) is 11.5. The molecule has 7 nitrogen and oxygen atoms in total. The zero-order valence-corrected chi connectivity index (χ0v) is 23.7. The largest absolute Gasteiger partial charge is 0.313 e. The van der Waals surface area contributed by atoms with Crippen molar-refractivity contribution < 1.29 is 14.0 Å². The molecular formula is C31H36FN5O2S. The van der Waals surface area contributed by atoms with Gasteiger partial charge < -0.3 is 10.2 Å². The van der Waals surface area contributed by atoms with Crippen molar-refractivity contribution in [1.29, 1.82) is 0 Å². The molecule has 40 heavy (non-hydrogen) atoms. The van der Waals surface area contributed by atoms with Gasteiger partial charge in [-0.15, -0.1) is 11.3 Å². The summed E-state index contributed by atoms with van der Waals surface area (Å²) in [5.74, 6) is -1.01. The number of aryl methyl sites for hydroxylation is 1. The number of halogens is 1. The summed E-state index contributed by atoms with van der Waals surface area (Å²) in [6.45, 7) is 7.30. The highest BCUT2D eigenvalue weighted by atomic mass is 32.1. The molecule has 0 radical (unpaired) electrons. The Balaban J connectivity index is 1.17. The maximum atomic E-state index is 13.2. The van der Waals surface area contributed by atoms with Crippen molar-refractivity contribution in [2.24, 2.45) is 5.10 Å². The van der Waals surface area contributed by atoms with Crippen molar-refractivity contribution in [2.75, 3.05) is 31.5 Å². The quantitative estimate of drug-likeness (QED) is 0.275. The average molecular weight is 562 g/mol. The van der Waals surface area contributed by atoms with E-state index < -0.39 is 5.91 Å². The summed E-state index contributed by atoms with van der Waals surface area (Å²) in [6.07, 6.45) is 7.88. The zero-order chi connectivity index (χ0) is 27.9. The van der Waals surface area contributed by atoms with Gasteiger partial charge in [-0.3, -0.25) is 14.5 Å². The Labute approximate surface area is 239 Å². The number of piperidine rings is 2. The van der Waals surface area contributed by atoms with Crippen LogP contribution in [0.2, 0.25) is 0 Å². The number of likely N-dealkylation sites (tertiary alicyclic amines) is 2. The predicted octanol–water partition coefficient (Wildman–Crippen LogP) is 5.66. The van der Waals surface area contributed by atoms with Gasteiger partial charge in [0, 0.05) is 18.2 Å². The molecule has 2 fully saturated rings. The van der Waals surface area contributed by atoms with Gasteiger partial charge in [0.15, 0.2) is 0 Å². The minimum absolute atomic E-state index is 0.253. The van der Waals surface area contributed by atoms with Gasteiger partial charge in [0.25, 0.3) is 11.8 Å². The normalized spacial score (nSPS) is 17.2. The third-order valence-electron chi connectivity index (χ3n) is 7.74. The number of hydrogen-bond acceptors (Lipinski definition) is 6. The lowest BCUT2D eigenvalue weighted by atomic mass is 9.99. The molecule has 2 amide bonds. The van der Waals surface area contributed by atoms with Gasteiger partial charge >= 0.3 is 0 Å². The van der Waals surface area contributed by atoms with Crippen molar-refractivity contribution in [1.82, 2.24) is 15.2 Å². The van der Waals surface area contributed by atoms with Gasteiger partial charge in [-0.2, -0.15) is 5.10 Å². The molecule has 2 aromatic carbocycles. The highest BCUT2D eigenvalue weighted by molar-refractivity contribution is 7.15. The average Bonchev–Trinajstić information content (AvgIpc) is 3.34. The molecule has 2 aliphatic rings. The Kier molecular flexibility index (Phi) is 9.36. The van der Waals surface area contributed by atoms with E-state index in [4.69, 9.17) is 0 Å². The number of anilines is 1. The molecule has 210 valence electrons. The Bertz CT molecular complexity index is 1340. The Morgan fingerprint density at radius 2 is 1.77 bits per heavy atom. The van der Waals surface area contributed by atoms with Gasteiger partial charge in [-0.1, -0.05) is 30.7 Å². The molecule has 2 saturated heterocycles. The van der Waals surface area contributed by atoms with Crippen molar-refractivity contribution in [3.63, 3.8) is 0 Å². The molecule has 0 saturated carbocycles. The number of hydrogen-bond donors (Lipinski definition) is 2. The first-order valence-corrected chi connectivity index (χ1v) is 14.9. The first-order valence-electron chi connectivity index (χ1n) is 14.0. The lowest BCUT2D eigenvalue weighted by Gasteiger charge is -2.40. The summed E-state index contributed by atoms with van der Waals surface area (Å²) < 4.78 is 13.1. The fourth-order valence-electron chi connectivity index (χ4n) is 5.56. The molecule has 2 aliphatic heterocycles. The monoisotopic (exact) mass is 561 g/mol. The van der Waals surface area contributed by atoms with E-state index in [9.17, 15) is 14.0 Å². The second-order valence-electron chi connectivity index (χ2n) is 10.6. The Morgan fingerprint density at radius 1 is 1.02 bits per heavy atom. The fraction of sp³-hybridized carbons (Fsp3) is 0.387. The first kappa shape index (κ1) is 28.1. The number of benzene rings is 2. The van der Waals surface area contributed by atoms with E-state index in [2.05, 4.69) is 31.7 Å². The molecule has 0 unspecified atom stereocenters. The molecule has 0 spiro atoms. The number of amides is 2. The molecule has 2 N–H and O–H groups in total. The van der Waals surface area contributed by atoms with Gasteiger partial charge in [0.1, 0.15) is 10.8 Å². The Morgan fingerprint density at radius 3 is 2.52 bits per heavy atom. The number of nitrogens with zero attached hydrogens (tertiary/aromatic N) is 3. The minimum atomic E-state index is -0.422. The van der Waals surface area contributed by atoms with Gasteiger partial charge in [-0.05, 0) is 105 Å². The van der Waals surface area contributed by atoms with Crippen molar-refractivity contribution >= 4 is 34.4 Å². The van der Waals surface area contributed by atoms with Crippen LogP contribution in [-0.4, -0.2) is 60.0 Å². The van der Waals surface area contributed by atoms with E-state index in [1.54, 1.807) is 18.2 Å². The highest BCUT2D eigenvalue weighted by Crippen LogP contribution is 2.28. The second kappa shape index (κ2) is 13.3.